The largest absolute Gasteiger partial charge is 0.497 e. The summed E-state index contributed by atoms with van der Waals surface area (Å²) >= 11 is 0. The van der Waals surface area contributed by atoms with Gasteiger partial charge in [-0.1, -0.05) is 12.1 Å². The van der Waals surface area contributed by atoms with Crippen LogP contribution in [-0.4, -0.2) is 56.8 Å². The summed E-state index contributed by atoms with van der Waals surface area (Å²) in [6, 6.07) is 12.3. The van der Waals surface area contributed by atoms with Gasteiger partial charge in [0.1, 0.15) is 17.3 Å². The van der Waals surface area contributed by atoms with Gasteiger partial charge in [0.25, 0.3) is 0 Å². The van der Waals surface area contributed by atoms with Crippen molar-refractivity contribution in [2.24, 2.45) is 0 Å². The lowest BCUT2D eigenvalue weighted by Crippen LogP contribution is -2.39. The topological polar surface area (TPSA) is 118 Å². The number of rotatable bonds is 8. The number of piperidine rings is 1. The number of benzene rings is 2. The fourth-order valence-electron chi connectivity index (χ4n) is 5.00. The van der Waals surface area contributed by atoms with Gasteiger partial charge in [-0.15, -0.1) is 0 Å². The standard InChI is InChI=1S/C26H27N3O6/c1-34-17-6-7-21-18(14-17)19(15-29(21)13-10-23(30)31)24(26(32)33)28-11-8-16(9-12-28)25-27-20-4-2-3-5-22(20)35-25/h2-7,14-16,24H,8-13H2,1H3,(H,30,31)(H,32,33)/t24-/m1/s1. The van der Waals surface area contributed by atoms with Crippen molar-refractivity contribution in [3.8, 4) is 5.75 Å². The molecule has 1 aliphatic rings. The van der Waals surface area contributed by atoms with Gasteiger partial charge in [0.05, 0.1) is 13.5 Å². The summed E-state index contributed by atoms with van der Waals surface area (Å²) in [5, 5.41) is 20.2. The average molecular weight is 478 g/mol. The fraction of sp³-hybridized carbons (Fsp3) is 0.346. The van der Waals surface area contributed by atoms with Crippen molar-refractivity contribution >= 4 is 33.9 Å². The lowest BCUT2D eigenvalue weighted by atomic mass is 9.94. The molecule has 2 aromatic heterocycles. The lowest BCUT2D eigenvalue weighted by Gasteiger charge is -2.34. The number of aliphatic carboxylic acids is 2. The lowest BCUT2D eigenvalue weighted by molar-refractivity contribution is -0.144. The Bertz CT molecular complexity index is 1350. The van der Waals surface area contributed by atoms with Crippen LogP contribution < -0.4 is 4.74 Å². The highest BCUT2D eigenvalue weighted by molar-refractivity contribution is 5.90. The van der Waals surface area contributed by atoms with Gasteiger partial charge < -0.3 is 23.9 Å². The molecule has 1 atom stereocenters. The van der Waals surface area contributed by atoms with Crippen molar-refractivity contribution in [3.05, 3.63) is 60.1 Å². The van der Waals surface area contributed by atoms with Gasteiger partial charge in [-0.3, -0.25) is 14.5 Å². The number of carboxylic acids is 2. The van der Waals surface area contributed by atoms with E-state index in [0.717, 1.165) is 34.8 Å². The molecule has 1 saturated heterocycles. The Balaban J connectivity index is 1.43. The Kier molecular flexibility index (Phi) is 6.17. The second-order valence-electron chi connectivity index (χ2n) is 8.88. The first kappa shape index (κ1) is 22.9. The molecule has 0 aliphatic carbocycles. The van der Waals surface area contributed by atoms with Crippen LogP contribution in [0.15, 0.2) is 53.1 Å². The highest BCUT2D eigenvalue weighted by atomic mass is 16.5. The third kappa shape index (κ3) is 4.46. The van der Waals surface area contributed by atoms with Crippen LogP contribution in [0.25, 0.3) is 22.0 Å². The molecule has 9 nitrogen and oxygen atoms in total. The number of hydrogen-bond donors (Lipinski definition) is 2. The van der Waals surface area contributed by atoms with Crippen molar-refractivity contribution in [1.82, 2.24) is 14.5 Å². The Labute approximate surface area is 201 Å². The summed E-state index contributed by atoms with van der Waals surface area (Å²) in [6.07, 6.45) is 3.19. The van der Waals surface area contributed by atoms with E-state index in [1.165, 1.54) is 0 Å². The summed E-state index contributed by atoms with van der Waals surface area (Å²) in [6.45, 7) is 1.41. The molecule has 2 N–H and O–H groups in total. The van der Waals surface area contributed by atoms with Crippen LogP contribution in [0.4, 0.5) is 0 Å². The van der Waals surface area contributed by atoms with Gasteiger partial charge in [-0.05, 0) is 43.2 Å². The van der Waals surface area contributed by atoms with Crippen LogP contribution in [-0.2, 0) is 16.1 Å². The molecule has 1 fully saturated rings. The Morgan fingerprint density at radius 1 is 1.17 bits per heavy atom. The quantitative estimate of drug-likeness (QED) is 0.386. The summed E-state index contributed by atoms with van der Waals surface area (Å²) in [5.41, 5.74) is 3.01. The van der Waals surface area contributed by atoms with E-state index in [4.69, 9.17) is 14.3 Å². The molecule has 0 saturated carbocycles. The van der Waals surface area contributed by atoms with Crippen molar-refractivity contribution < 1.29 is 29.0 Å². The number of aryl methyl sites for hydroxylation is 1. The van der Waals surface area contributed by atoms with Gasteiger partial charge >= 0.3 is 11.9 Å². The molecule has 35 heavy (non-hydrogen) atoms. The number of ether oxygens (including phenoxy) is 1. The molecule has 0 unspecified atom stereocenters. The third-order valence-corrected chi connectivity index (χ3v) is 6.77. The van der Waals surface area contributed by atoms with E-state index in [1.54, 1.807) is 19.4 Å². The van der Waals surface area contributed by atoms with E-state index in [1.807, 2.05) is 45.9 Å². The number of para-hydroxylation sites is 2. The summed E-state index contributed by atoms with van der Waals surface area (Å²) in [7, 11) is 1.56. The van der Waals surface area contributed by atoms with Gasteiger partial charge in [0.2, 0.25) is 0 Å². The minimum atomic E-state index is -0.939. The zero-order valence-corrected chi connectivity index (χ0v) is 19.4. The molecule has 0 radical (unpaired) electrons. The number of fused-ring (bicyclic) bond motifs is 2. The number of hydrogen-bond acceptors (Lipinski definition) is 6. The molecule has 5 rings (SSSR count). The molecule has 0 amide bonds. The van der Waals surface area contributed by atoms with Crippen LogP contribution in [0, 0.1) is 0 Å². The molecule has 4 aromatic rings. The van der Waals surface area contributed by atoms with Crippen molar-refractivity contribution in [3.63, 3.8) is 0 Å². The molecule has 2 aromatic carbocycles. The van der Waals surface area contributed by atoms with E-state index >= 15 is 0 Å². The molecule has 0 spiro atoms. The predicted molar refractivity (Wildman–Crippen MR) is 129 cm³/mol. The number of methoxy groups -OCH3 is 1. The highest BCUT2D eigenvalue weighted by Crippen LogP contribution is 2.37. The molecular formula is C26H27N3O6. The highest BCUT2D eigenvalue weighted by Gasteiger charge is 2.35. The van der Waals surface area contributed by atoms with Gasteiger partial charge in [-0.25, -0.2) is 4.98 Å². The van der Waals surface area contributed by atoms with Gasteiger partial charge in [0, 0.05) is 48.2 Å². The zero-order chi connectivity index (χ0) is 24.5. The van der Waals surface area contributed by atoms with E-state index in [9.17, 15) is 14.7 Å². The first-order chi connectivity index (χ1) is 16.9. The maximum absolute atomic E-state index is 12.5. The molecule has 182 valence electrons. The van der Waals surface area contributed by atoms with E-state index in [2.05, 4.69) is 4.98 Å². The molecular weight excluding hydrogens is 450 g/mol. The molecule has 9 heteroatoms. The number of carbonyl (C=O) groups is 2. The number of carboxylic acid groups (broad SMARTS) is 2. The molecule has 3 heterocycles. The van der Waals surface area contributed by atoms with Crippen LogP contribution in [0.5, 0.6) is 5.75 Å². The van der Waals surface area contributed by atoms with Crippen LogP contribution in [0.3, 0.4) is 0 Å². The minimum absolute atomic E-state index is 0.0527. The Morgan fingerprint density at radius 3 is 2.63 bits per heavy atom. The van der Waals surface area contributed by atoms with Crippen LogP contribution in [0.2, 0.25) is 0 Å². The predicted octanol–water partition coefficient (Wildman–Crippen LogP) is 4.27. The summed E-state index contributed by atoms with van der Waals surface area (Å²) in [4.78, 5) is 30.3. The maximum atomic E-state index is 12.5. The Morgan fingerprint density at radius 2 is 1.94 bits per heavy atom. The smallest absolute Gasteiger partial charge is 0.325 e. The van der Waals surface area contributed by atoms with E-state index in [0.29, 0.717) is 30.3 Å². The van der Waals surface area contributed by atoms with Crippen LogP contribution in [0.1, 0.15) is 42.7 Å². The average Bonchev–Trinajstić information content (AvgIpc) is 3.44. The number of likely N-dealkylation sites (tertiary alicyclic amines) is 1. The first-order valence-electron chi connectivity index (χ1n) is 11.7. The molecule has 0 bridgehead atoms. The number of nitrogens with zero attached hydrogens (tertiary/aromatic N) is 3. The fourth-order valence-corrected chi connectivity index (χ4v) is 5.00. The summed E-state index contributed by atoms with van der Waals surface area (Å²) < 4.78 is 13.2. The van der Waals surface area contributed by atoms with Crippen molar-refractivity contribution in [1.29, 1.82) is 0 Å². The molecule has 1 aliphatic heterocycles. The normalized spacial score (nSPS) is 16.0. The van der Waals surface area contributed by atoms with E-state index in [-0.39, 0.29) is 18.9 Å². The monoisotopic (exact) mass is 477 g/mol. The van der Waals surface area contributed by atoms with Crippen molar-refractivity contribution in [2.75, 3.05) is 20.2 Å². The number of aromatic nitrogens is 2. The van der Waals surface area contributed by atoms with Crippen LogP contribution >= 0.6 is 0 Å². The van der Waals surface area contributed by atoms with E-state index < -0.39 is 18.0 Å². The number of oxazole rings is 1. The maximum Gasteiger partial charge on any atom is 0.325 e. The second kappa shape index (κ2) is 9.42. The summed E-state index contributed by atoms with van der Waals surface area (Å²) in [5.74, 6) is -0.394. The van der Waals surface area contributed by atoms with Gasteiger partial charge in [-0.2, -0.15) is 0 Å². The van der Waals surface area contributed by atoms with Gasteiger partial charge in [0.15, 0.2) is 11.5 Å². The minimum Gasteiger partial charge on any atom is -0.497 e. The zero-order valence-electron chi connectivity index (χ0n) is 19.4. The van der Waals surface area contributed by atoms with Crippen molar-refractivity contribution in [2.45, 2.75) is 37.8 Å². The third-order valence-electron chi connectivity index (χ3n) is 6.77. The first-order valence-corrected chi connectivity index (χ1v) is 11.7. The SMILES string of the molecule is COc1ccc2c(c1)c([C@H](C(=O)O)N1CCC(c3nc4ccccc4o3)CC1)cn2CCC(=O)O. The second-order valence-corrected chi connectivity index (χ2v) is 8.88. The Hall–Kier alpha value is -3.85.